The van der Waals surface area contributed by atoms with Crippen LogP contribution in [0.1, 0.15) is 59.2 Å². The van der Waals surface area contributed by atoms with E-state index >= 15 is 0 Å². The lowest BCUT2D eigenvalue weighted by Crippen LogP contribution is -2.39. The average Bonchev–Trinajstić information content (AvgIpc) is 3.63. The summed E-state index contributed by atoms with van der Waals surface area (Å²) in [5.74, 6) is 0.287. The van der Waals surface area contributed by atoms with Gasteiger partial charge in [-0.05, 0) is 61.1 Å². The third-order valence-corrected chi connectivity index (χ3v) is 8.38. The Bertz CT molecular complexity index is 1760. The predicted octanol–water partition coefficient (Wildman–Crippen LogP) is 5.47. The van der Waals surface area contributed by atoms with E-state index in [0.717, 1.165) is 69.2 Å². The summed E-state index contributed by atoms with van der Waals surface area (Å²) in [5.41, 5.74) is 6.97. The number of rotatable bonds is 6. The fourth-order valence-electron chi connectivity index (χ4n) is 6.51. The van der Waals surface area contributed by atoms with Gasteiger partial charge >= 0.3 is 0 Å². The highest BCUT2D eigenvalue weighted by Gasteiger charge is 2.36. The van der Waals surface area contributed by atoms with Crippen molar-refractivity contribution < 1.29 is 9.90 Å². The van der Waals surface area contributed by atoms with Crippen molar-refractivity contribution in [2.24, 2.45) is 18.0 Å². The molecule has 0 bridgehead atoms. The summed E-state index contributed by atoms with van der Waals surface area (Å²) in [5, 5.41) is 17.1. The van der Waals surface area contributed by atoms with Crippen molar-refractivity contribution in [2.45, 2.75) is 50.8 Å². The molecule has 2 aromatic heterocycles. The highest BCUT2D eigenvalue weighted by Crippen LogP contribution is 2.37. The maximum absolute atomic E-state index is 13.5. The first-order valence-electron chi connectivity index (χ1n) is 13.7. The quantitative estimate of drug-likeness (QED) is 0.303. The van der Waals surface area contributed by atoms with Crippen LogP contribution >= 0.6 is 0 Å². The molecule has 2 aliphatic rings. The SMILES string of the molecule is Cn1cc2cc(C3=NCc4ccc(C(=O)C[C@@H]5CCC[C@](O)(Cn6cnc7ccccc76)C5)cc43)ccc2n1. The van der Waals surface area contributed by atoms with Crippen molar-refractivity contribution in [3.05, 3.63) is 95.4 Å². The minimum Gasteiger partial charge on any atom is -0.388 e. The van der Waals surface area contributed by atoms with Gasteiger partial charge in [0, 0.05) is 41.7 Å². The summed E-state index contributed by atoms with van der Waals surface area (Å²) >= 11 is 0. The number of hydrogen-bond donors (Lipinski definition) is 1. The Balaban J connectivity index is 1.08. The fraction of sp³-hybridized carbons (Fsp3) is 0.312. The maximum atomic E-state index is 13.5. The van der Waals surface area contributed by atoms with Crippen LogP contribution in [0.2, 0.25) is 0 Å². The molecule has 1 fully saturated rings. The van der Waals surface area contributed by atoms with Gasteiger partial charge in [-0.3, -0.25) is 14.5 Å². The van der Waals surface area contributed by atoms with Crippen molar-refractivity contribution in [3.63, 3.8) is 0 Å². The molecule has 7 heteroatoms. The Morgan fingerprint density at radius 2 is 2.00 bits per heavy atom. The third kappa shape index (κ3) is 4.46. The van der Waals surface area contributed by atoms with Crippen molar-refractivity contribution in [1.29, 1.82) is 0 Å². The number of aromatic nitrogens is 4. The monoisotopic (exact) mass is 517 g/mol. The second-order valence-electron chi connectivity index (χ2n) is 11.3. The summed E-state index contributed by atoms with van der Waals surface area (Å²) in [6, 6.07) is 20.2. The van der Waals surface area contributed by atoms with E-state index in [9.17, 15) is 9.90 Å². The smallest absolute Gasteiger partial charge is 0.163 e. The van der Waals surface area contributed by atoms with Gasteiger partial charge in [-0.25, -0.2) is 4.98 Å². The molecule has 0 radical (unpaired) electrons. The number of carbonyl (C=O) groups excluding carboxylic acids is 1. The molecule has 196 valence electrons. The van der Waals surface area contributed by atoms with Crippen molar-refractivity contribution in [1.82, 2.24) is 19.3 Å². The number of hydrogen-bond acceptors (Lipinski definition) is 5. The molecule has 1 N–H and O–H groups in total. The number of para-hydroxylation sites is 2. The molecule has 7 nitrogen and oxygen atoms in total. The van der Waals surface area contributed by atoms with Gasteiger partial charge < -0.3 is 9.67 Å². The zero-order valence-electron chi connectivity index (χ0n) is 22.0. The highest BCUT2D eigenvalue weighted by atomic mass is 16.3. The van der Waals surface area contributed by atoms with Crippen LogP contribution in [0.4, 0.5) is 0 Å². The molecule has 3 heterocycles. The number of aliphatic imine (C=N–C) groups is 1. The van der Waals surface area contributed by atoms with Gasteiger partial charge in [0.1, 0.15) is 0 Å². The van der Waals surface area contributed by atoms with Crippen LogP contribution in [0.25, 0.3) is 21.9 Å². The Hall–Kier alpha value is -4.10. The minimum absolute atomic E-state index is 0.133. The molecule has 0 saturated heterocycles. The van der Waals surface area contributed by atoms with Crippen LogP contribution in [-0.4, -0.2) is 41.5 Å². The standard InChI is InChI=1S/C32H31N5O2/c1-36-18-25-14-23(10-11-27(25)35-36)31-26-15-22(8-9-24(26)17-33-31)30(38)13-21-5-4-12-32(39,16-21)19-37-20-34-28-6-2-3-7-29(28)37/h2-3,6-11,14-15,18,20-21,39H,4-5,12-13,16-17,19H2,1H3/t21-,32+/m0/s1. The molecule has 7 rings (SSSR count). The molecule has 5 aromatic rings. The number of aryl methyl sites for hydroxylation is 1. The fourth-order valence-corrected chi connectivity index (χ4v) is 6.51. The lowest BCUT2D eigenvalue weighted by atomic mass is 9.75. The summed E-state index contributed by atoms with van der Waals surface area (Å²) in [7, 11) is 1.92. The van der Waals surface area contributed by atoms with Gasteiger partial charge in [0.2, 0.25) is 0 Å². The van der Waals surface area contributed by atoms with E-state index in [1.54, 1.807) is 0 Å². The lowest BCUT2D eigenvalue weighted by molar-refractivity contribution is -0.0294. The molecule has 0 unspecified atom stereocenters. The topological polar surface area (TPSA) is 85.3 Å². The maximum Gasteiger partial charge on any atom is 0.163 e. The van der Waals surface area contributed by atoms with Gasteiger partial charge in [-0.2, -0.15) is 5.10 Å². The Labute approximate surface area is 226 Å². The van der Waals surface area contributed by atoms with E-state index in [1.165, 1.54) is 0 Å². The van der Waals surface area contributed by atoms with Gasteiger partial charge in [0.25, 0.3) is 0 Å². The molecule has 2 atom stereocenters. The first-order chi connectivity index (χ1) is 18.9. The number of carbonyl (C=O) groups is 1. The number of imidazole rings is 1. The second kappa shape index (κ2) is 9.27. The van der Waals surface area contributed by atoms with E-state index in [4.69, 9.17) is 4.99 Å². The van der Waals surface area contributed by atoms with Gasteiger partial charge in [-0.15, -0.1) is 0 Å². The summed E-state index contributed by atoms with van der Waals surface area (Å²) in [6.07, 6.45) is 7.50. The van der Waals surface area contributed by atoms with E-state index < -0.39 is 5.60 Å². The zero-order chi connectivity index (χ0) is 26.6. The highest BCUT2D eigenvalue weighted by molar-refractivity contribution is 6.17. The normalized spacial score (nSPS) is 20.9. The largest absolute Gasteiger partial charge is 0.388 e. The van der Waals surface area contributed by atoms with Gasteiger partial charge in [-0.1, -0.05) is 36.8 Å². The number of aliphatic hydroxyl groups is 1. The Morgan fingerprint density at radius 1 is 1.10 bits per heavy atom. The zero-order valence-corrected chi connectivity index (χ0v) is 22.0. The van der Waals surface area contributed by atoms with Crippen LogP contribution in [-0.2, 0) is 20.1 Å². The van der Waals surface area contributed by atoms with Crippen LogP contribution in [0, 0.1) is 5.92 Å². The number of nitrogens with zero attached hydrogens (tertiary/aromatic N) is 5. The van der Waals surface area contributed by atoms with E-state index in [0.29, 0.717) is 25.9 Å². The third-order valence-electron chi connectivity index (χ3n) is 8.38. The number of fused-ring (bicyclic) bond motifs is 3. The average molecular weight is 518 g/mol. The first kappa shape index (κ1) is 24.0. The van der Waals surface area contributed by atoms with Crippen molar-refractivity contribution in [2.75, 3.05) is 0 Å². The van der Waals surface area contributed by atoms with Gasteiger partial charge in [0.15, 0.2) is 5.78 Å². The van der Waals surface area contributed by atoms with Crippen molar-refractivity contribution >= 4 is 33.4 Å². The van der Waals surface area contributed by atoms with Crippen LogP contribution in [0.15, 0.2) is 78.2 Å². The number of Topliss-reactive ketones (excluding diaryl/α,β-unsaturated/α-hetero) is 1. The Morgan fingerprint density at radius 3 is 2.92 bits per heavy atom. The Kier molecular flexibility index (Phi) is 5.70. The molecule has 3 aromatic carbocycles. The summed E-state index contributed by atoms with van der Waals surface area (Å²) in [6.45, 7) is 1.13. The number of benzene rings is 3. The molecule has 39 heavy (non-hydrogen) atoms. The minimum atomic E-state index is -0.838. The molecular formula is C32H31N5O2. The molecule has 0 spiro atoms. The molecule has 1 saturated carbocycles. The second-order valence-corrected chi connectivity index (χ2v) is 11.3. The molecule has 1 aliphatic carbocycles. The predicted molar refractivity (Wildman–Crippen MR) is 152 cm³/mol. The molecule has 0 amide bonds. The van der Waals surface area contributed by atoms with Crippen LogP contribution in [0.3, 0.4) is 0 Å². The summed E-state index contributed by atoms with van der Waals surface area (Å²) in [4.78, 5) is 22.8. The van der Waals surface area contributed by atoms with E-state index in [1.807, 2.05) is 77.4 Å². The molecule has 1 aliphatic heterocycles. The summed E-state index contributed by atoms with van der Waals surface area (Å²) < 4.78 is 3.86. The van der Waals surface area contributed by atoms with Crippen molar-refractivity contribution in [3.8, 4) is 0 Å². The van der Waals surface area contributed by atoms with Crippen LogP contribution in [0.5, 0.6) is 0 Å². The van der Waals surface area contributed by atoms with E-state index in [2.05, 4.69) is 22.2 Å². The van der Waals surface area contributed by atoms with E-state index in [-0.39, 0.29) is 11.7 Å². The lowest BCUT2D eigenvalue weighted by Gasteiger charge is -2.37. The van der Waals surface area contributed by atoms with Crippen LogP contribution < -0.4 is 0 Å². The van der Waals surface area contributed by atoms with Gasteiger partial charge in [0.05, 0.1) is 47.3 Å². The molecular weight excluding hydrogens is 486 g/mol. The first-order valence-corrected chi connectivity index (χ1v) is 13.7. The number of ketones is 1.